The van der Waals surface area contributed by atoms with Crippen LogP contribution in [0.2, 0.25) is 0 Å². The normalized spacial score (nSPS) is 11.0. The highest BCUT2D eigenvalue weighted by Crippen LogP contribution is 2.30. The summed E-state index contributed by atoms with van der Waals surface area (Å²) in [4.78, 5) is 23.6. The Morgan fingerprint density at radius 2 is 1.85 bits per heavy atom. The molecule has 138 valence electrons. The van der Waals surface area contributed by atoms with E-state index in [9.17, 15) is 22.8 Å². The molecule has 0 aromatic heterocycles. The molecule has 0 radical (unpaired) electrons. The van der Waals surface area contributed by atoms with Gasteiger partial charge in [-0.1, -0.05) is 6.07 Å². The van der Waals surface area contributed by atoms with E-state index in [2.05, 4.69) is 5.32 Å². The predicted octanol–water partition coefficient (Wildman–Crippen LogP) is 3.93. The largest absolute Gasteiger partial charge is 0.497 e. The van der Waals surface area contributed by atoms with Gasteiger partial charge in [-0.3, -0.25) is 9.59 Å². The maximum Gasteiger partial charge on any atom is 0.416 e. The highest BCUT2D eigenvalue weighted by atomic mass is 19.4. The number of methoxy groups -OCH3 is 1. The van der Waals surface area contributed by atoms with E-state index < -0.39 is 24.3 Å². The molecule has 1 amide bonds. The van der Waals surface area contributed by atoms with Crippen molar-refractivity contribution in [2.75, 3.05) is 19.0 Å². The first kappa shape index (κ1) is 19.3. The fourth-order valence-corrected chi connectivity index (χ4v) is 2.15. The number of benzene rings is 2. The summed E-state index contributed by atoms with van der Waals surface area (Å²) < 4.78 is 48.4. The summed E-state index contributed by atoms with van der Waals surface area (Å²) in [6.45, 7) is 0.868. The van der Waals surface area contributed by atoms with Crippen molar-refractivity contribution in [3.63, 3.8) is 0 Å². The summed E-state index contributed by atoms with van der Waals surface area (Å²) in [5, 5.41) is 2.32. The summed E-state index contributed by atoms with van der Waals surface area (Å²) in [7, 11) is 1.45. The van der Waals surface area contributed by atoms with E-state index in [-0.39, 0.29) is 22.8 Å². The highest BCUT2D eigenvalue weighted by Gasteiger charge is 2.30. The van der Waals surface area contributed by atoms with Gasteiger partial charge >= 0.3 is 6.18 Å². The van der Waals surface area contributed by atoms with Crippen molar-refractivity contribution in [3.8, 4) is 11.5 Å². The fourth-order valence-electron chi connectivity index (χ4n) is 2.15. The van der Waals surface area contributed by atoms with Crippen LogP contribution in [0, 0.1) is 0 Å². The van der Waals surface area contributed by atoms with Crippen LogP contribution in [0.15, 0.2) is 42.5 Å². The number of rotatable bonds is 6. The van der Waals surface area contributed by atoms with Crippen LogP contribution in [-0.4, -0.2) is 25.4 Å². The molecule has 1 N–H and O–H groups in total. The van der Waals surface area contributed by atoms with Crippen LogP contribution in [0.1, 0.15) is 22.8 Å². The molecule has 26 heavy (non-hydrogen) atoms. The summed E-state index contributed by atoms with van der Waals surface area (Å²) in [6, 6.07) is 8.77. The second-order valence-electron chi connectivity index (χ2n) is 5.33. The first-order valence-corrected chi connectivity index (χ1v) is 7.49. The average molecular weight is 367 g/mol. The van der Waals surface area contributed by atoms with Crippen LogP contribution in [0.3, 0.4) is 0 Å². The molecule has 2 aromatic rings. The summed E-state index contributed by atoms with van der Waals surface area (Å²) >= 11 is 0. The van der Waals surface area contributed by atoms with Gasteiger partial charge in [0.05, 0.1) is 18.2 Å². The van der Waals surface area contributed by atoms with Gasteiger partial charge in [0.2, 0.25) is 0 Å². The number of carbonyl (C=O) groups excluding carboxylic acids is 2. The lowest BCUT2D eigenvalue weighted by atomic mass is 10.1. The lowest BCUT2D eigenvalue weighted by molar-refractivity contribution is -0.137. The molecule has 0 bridgehead atoms. The average Bonchev–Trinajstić information content (AvgIpc) is 2.59. The van der Waals surface area contributed by atoms with Crippen LogP contribution in [-0.2, 0) is 11.0 Å². The molecule has 0 atom stereocenters. The van der Waals surface area contributed by atoms with Gasteiger partial charge in [0.25, 0.3) is 5.91 Å². The third-order valence-electron chi connectivity index (χ3n) is 3.40. The quantitative estimate of drug-likeness (QED) is 0.786. The smallest absolute Gasteiger partial charge is 0.416 e. The Morgan fingerprint density at radius 1 is 1.12 bits per heavy atom. The lowest BCUT2D eigenvalue weighted by Gasteiger charge is -2.12. The standard InChI is InChI=1S/C18H16F3NO4/c1-11(23)15-9-14(25-2)6-7-16(15)26-10-17(24)22-13-5-3-4-12(8-13)18(19,20)21/h3-9H,10H2,1-2H3,(H,22,24). The maximum absolute atomic E-state index is 12.7. The number of Topliss-reactive ketones (excluding diaryl/α,β-unsaturated/α-hetero) is 1. The number of amides is 1. The van der Waals surface area contributed by atoms with E-state index in [4.69, 9.17) is 9.47 Å². The zero-order chi connectivity index (χ0) is 19.3. The Hall–Kier alpha value is -3.03. The number of ketones is 1. The minimum absolute atomic E-state index is 0.00468. The second-order valence-corrected chi connectivity index (χ2v) is 5.33. The molecule has 0 saturated heterocycles. The van der Waals surface area contributed by atoms with Crippen molar-refractivity contribution >= 4 is 17.4 Å². The number of alkyl halides is 3. The summed E-state index contributed by atoms with van der Waals surface area (Å²) in [5.74, 6) is -0.305. The molecule has 5 nitrogen and oxygen atoms in total. The molecule has 0 unspecified atom stereocenters. The molecular weight excluding hydrogens is 351 g/mol. The molecule has 2 aromatic carbocycles. The predicted molar refractivity (Wildman–Crippen MR) is 88.6 cm³/mol. The Labute approximate surface area is 147 Å². The van der Waals surface area contributed by atoms with E-state index in [0.717, 1.165) is 12.1 Å². The molecule has 8 heteroatoms. The van der Waals surface area contributed by atoms with Crippen LogP contribution in [0.25, 0.3) is 0 Å². The van der Waals surface area contributed by atoms with E-state index in [0.29, 0.717) is 5.75 Å². The van der Waals surface area contributed by atoms with Gasteiger partial charge in [0.1, 0.15) is 11.5 Å². The van der Waals surface area contributed by atoms with E-state index in [1.165, 1.54) is 38.3 Å². The molecule has 0 aliphatic carbocycles. The Balaban J connectivity index is 2.05. The van der Waals surface area contributed by atoms with Crippen molar-refractivity contribution in [1.29, 1.82) is 0 Å². The molecular formula is C18H16F3NO4. The van der Waals surface area contributed by atoms with Gasteiger partial charge in [-0.05, 0) is 43.3 Å². The molecule has 0 spiro atoms. The number of nitrogens with one attached hydrogen (secondary N) is 1. The van der Waals surface area contributed by atoms with Crippen LogP contribution < -0.4 is 14.8 Å². The van der Waals surface area contributed by atoms with E-state index in [1.807, 2.05) is 0 Å². The second kappa shape index (κ2) is 7.90. The number of carbonyl (C=O) groups is 2. The molecule has 0 fully saturated rings. The maximum atomic E-state index is 12.7. The summed E-state index contributed by atoms with van der Waals surface area (Å²) in [5.41, 5.74) is -0.642. The van der Waals surface area contributed by atoms with Gasteiger partial charge < -0.3 is 14.8 Å². The third-order valence-corrected chi connectivity index (χ3v) is 3.40. The lowest BCUT2D eigenvalue weighted by Crippen LogP contribution is -2.21. The van der Waals surface area contributed by atoms with Crippen molar-refractivity contribution in [2.24, 2.45) is 0 Å². The monoisotopic (exact) mass is 367 g/mol. The van der Waals surface area contributed by atoms with Crippen LogP contribution >= 0.6 is 0 Å². The molecule has 0 heterocycles. The number of hydrogen-bond donors (Lipinski definition) is 1. The summed E-state index contributed by atoms with van der Waals surface area (Å²) in [6.07, 6.45) is -4.50. The van der Waals surface area contributed by atoms with Crippen LogP contribution in [0.5, 0.6) is 11.5 Å². The van der Waals surface area contributed by atoms with Gasteiger partial charge in [-0.15, -0.1) is 0 Å². The minimum atomic E-state index is -4.50. The topological polar surface area (TPSA) is 64.6 Å². The molecule has 0 saturated carbocycles. The molecule has 0 aliphatic rings. The SMILES string of the molecule is COc1ccc(OCC(=O)Nc2cccc(C(F)(F)F)c2)c(C(C)=O)c1. The van der Waals surface area contributed by atoms with Gasteiger partial charge in [-0.2, -0.15) is 13.2 Å². The number of halogens is 3. The zero-order valence-electron chi connectivity index (χ0n) is 14.0. The van der Waals surface area contributed by atoms with Gasteiger partial charge in [0, 0.05) is 5.69 Å². The van der Waals surface area contributed by atoms with E-state index >= 15 is 0 Å². The van der Waals surface area contributed by atoms with Crippen LogP contribution in [0.4, 0.5) is 18.9 Å². The molecule has 2 rings (SSSR count). The number of ether oxygens (including phenoxy) is 2. The van der Waals surface area contributed by atoms with E-state index in [1.54, 1.807) is 6.07 Å². The number of hydrogen-bond acceptors (Lipinski definition) is 4. The number of anilines is 1. The first-order valence-electron chi connectivity index (χ1n) is 7.49. The fraction of sp³-hybridized carbons (Fsp3) is 0.222. The Morgan fingerprint density at radius 3 is 2.46 bits per heavy atom. The van der Waals surface area contributed by atoms with Gasteiger partial charge in [0.15, 0.2) is 12.4 Å². The Bertz CT molecular complexity index is 818. The highest BCUT2D eigenvalue weighted by molar-refractivity contribution is 5.97. The third kappa shape index (κ3) is 4.98. The van der Waals surface area contributed by atoms with Crippen molar-refractivity contribution < 1.29 is 32.2 Å². The Kier molecular flexibility index (Phi) is 5.86. The minimum Gasteiger partial charge on any atom is -0.497 e. The molecule has 0 aliphatic heterocycles. The first-order chi connectivity index (χ1) is 12.2. The zero-order valence-corrected chi connectivity index (χ0v) is 14.0. The van der Waals surface area contributed by atoms with Crippen molar-refractivity contribution in [3.05, 3.63) is 53.6 Å². The van der Waals surface area contributed by atoms with Gasteiger partial charge in [-0.25, -0.2) is 0 Å². The van der Waals surface area contributed by atoms with Crippen molar-refractivity contribution in [2.45, 2.75) is 13.1 Å². The van der Waals surface area contributed by atoms with Crippen molar-refractivity contribution in [1.82, 2.24) is 0 Å².